The maximum absolute atomic E-state index is 11.7. The van der Waals surface area contributed by atoms with Gasteiger partial charge in [0.2, 0.25) is 0 Å². The molecule has 1 atom stereocenters. The first-order valence-corrected chi connectivity index (χ1v) is 6.57. The van der Waals surface area contributed by atoms with E-state index in [9.17, 15) is 9.90 Å². The molecule has 0 aromatic heterocycles. The average molecular weight is 249 g/mol. The molecule has 0 saturated carbocycles. The molecule has 1 unspecified atom stereocenters. The monoisotopic (exact) mass is 249 g/mol. The van der Waals surface area contributed by atoms with Crippen LogP contribution in [-0.2, 0) is 10.2 Å². The van der Waals surface area contributed by atoms with E-state index in [4.69, 9.17) is 5.73 Å². The smallest absolute Gasteiger partial charge is 0.315 e. The molecule has 0 fully saturated rings. The van der Waals surface area contributed by atoms with E-state index in [0.29, 0.717) is 6.42 Å². The average Bonchev–Trinajstić information content (AvgIpc) is 2.36. The normalized spacial score (nSPS) is 14.2. The van der Waals surface area contributed by atoms with Gasteiger partial charge in [-0.1, -0.05) is 56.0 Å². The van der Waals surface area contributed by atoms with Crippen LogP contribution >= 0.6 is 0 Å². The van der Waals surface area contributed by atoms with Crippen molar-refractivity contribution in [3.8, 4) is 0 Å². The van der Waals surface area contributed by atoms with Gasteiger partial charge < -0.3 is 10.8 Å². The Morgan fingerprint density at radius 2 is 1.89 bits per heavy atom. The molecule has 0 spiro atoms. The molecule has 3 nitrogen and oxygen atoms in total. The predicted molar refractivity (Wildman–Crippen MR) is 73.7 cm³/mol. The van der Waals surface area contributed by atoms with E-state index in [1.807, 2.05) is 31.2 Å². The number of aliphatic carboxylic acids is 1. The minimum absolute atomic E-state index is 0.148. The minimum atomic E-state index is -0.928. The van der Waals surface area contributed by atoms with Crippen LogP contribution in [-0.4, -0.2) is 17.6 Å². The maximum Gasteiger partial charge on any atom is 0.315 e. The van der Waals surface area contributed by atoms with Gasteiger partial charge in [0.05, 0.1) is 0 Å². The van der Waals surface area contributed by atoms with E-state index in [1.165, 1.54) is 0 Å². The first-order valence-electron chi connectivity index (χ1n) is 6.57. The van der Waals surface area contributed by atoms with Gasteiger partial charge in [0, 0.05) is 6.54 Å². The summed E-state index contributed by atoms with van der Waals surface area (Å²) in [6.07, 6.45) is 3.62. The summed E-state index contributed by atoms with van der Waals surface area (Å²) < 4.78 is 0. The lowest BCUT2D eigenvalue weighted by Gasteiger charge is -2.28. The molecule has 1 rings (SSSR count). The van der Waals surface area contributed by atoms with Crippen LogP contribution in [0.5, 0.6) is 0 Å². The van der Waals surface area contributed by atoms with Crippen molar-refractivity contribution < 1.29 is 9.90 Å². The zero-order valence-electron chi connectivity index (χ0n) is 11.3. The van der Waals surface area contributed by atoms with Gasteiger partial charge in [0.1, 0.15) is 5.41 Å². The van der Waals surface area contributed by atoms with Gasteiger partial charge >= 0.3 is 5.97 Å². The van der Waals surface area contributed by atoms with Gasteiger partial charge in [0.15, 0.2) is 0 Å². The highest BCUT2D eigenvalue weighted by molar-refractivity contribution is 5.81. The Labute approximate surface area is 109 Å². The summed E-state index contributed by atoms with van der Waals surface area (Å²) in [5, 5.41) is 9.57. The molecular weight excluding hydrogens is 226 g/mol. The van der Waals surface area contributed by atoms with Gasteiger partial charge in [-0.3, -0.25) is 4.79 Å². The molecule has 0 aliphatic heterocycles. The maximum atomic E-state index is 11.7. The van der Waals surface area contributed by atoms with Crippen LogP contribution in [0.3, 0.4) is 0 Å². The number of carbonyl (C=O) groups is 1. The number of carboxylic acid groups (broad SMARTS) is 1. The van der Waals surface area contributed by atoms with Gasteiger partial charge in [-0.05, 0) is 18.9 Å². The van der Waals surface area contributed by atoms with E-state index in [1.54, 1.807) is 0 Å². The number of aryl methyl sites for hydroxylation is 1. The van der Waals surface area contributed by atoms with Crippen LogP contribution in [0.15, 0.2) is 24.3 Å². The summed E-state index contributed by atoms with van der Waals surface area (Å²) in [7, 11) is 0. The van der Waals surface area contributed by atoms with Crippen molar-refractivity contribution >= 4 is 5.97 Å². The van der Waals surface area contributed by atoms with Crippen LogP contribution in [0.2, 0.25) is 0 Å². The standard InChI is InChI=1S/C15H23NO2/c1-3-4-5-10-15(11-16,14(17)18)13-8-6-12(2)7-9-13/h6-9H,3-5,10-11,16H2,1-2H3,(H,17,18). The van der Waals surface area contributed by atoms with Crippen molar-refractivity contribution in [2.75, 3.05) is 6.54 Å². The number of hydrogen-bond acceptors (Lipinski definition) is 2. The van der Waals surface area contributed by atoms with Crippen molar-refractivity contribution in [1.82, 2.24) is 0 Å². The molecule has 0 heterocycles. The Bertz CT molecular complexity index is 386. The van der Waals surface area contributed by atoms with E-state index in [0.717, 1.165) is 30.4 Å². The molecule has 0 aliphatic rings. The fourth-order valence-corrected chi connectivity index (χ4v) is 2.23. The quantitative estimate of drug-likeness (QED) is 0.730. The fourth-order valence-electron chi connectivity index (χ4n) is 2.23. The van der Waals surface area contributed by atoms with Gasteiger partial charge in [-0.2, -0.15) is 0 Å². The molecule has 18 heavy (non-hydrogen) atoms. The zero-order chi connectivity index (χ0) is 13.6. The molecular formula is C15H23NO2. The molecule has 3 heteroatoms. The second-order valence-electron chi connectivity index (χ2n) is 4.91. The van der Waals surface area contributed by atoms with E-state index in [-0.39, 0.29) is 6.54 Å². The summed E-state index contributed by atoms with van der Waals surface area (Å²) >= 11 is 0. The van der Waals surface area contributed by atoms with E-state index < -0.39 is 11.4 Å². The van der Waals surface area contributed by atoms with Crippen LogP contribution in [0.4, 0.5) is 0 Å². The lowest BCUT2D eigenvalue weighted by atomic mass is 9.76. The zero-order valence-corrected chi connectivity index (χ0v) is 11.3. The molecule has 100 valence electrons. The Balaban J connectivity index is 3.02. The van der Waals surface area contributed by atoms with Crippen LogP contribution in [0, 0.1) is 6.92 Å². The molecule has 1 aromatic carbocycles. The summed E-state index contributed by atoms with van der Waals surface area (Å²) in [6, 6.07) is 7.68. The number of rotatable bonds is 7. The SMILES string of the molecule is CCCCCC(CN)(C(=O)O)c1ccc(C)cc1. The van der Waals surface area contributed by atoms with Gasteiger partial charge in [-0.15, -0.1) is 0 Å². The summed E-state index contributed by atoms with van der Waals surface area (Å²) in [4.78, 5) is 11.7. The first kappa shape index (κ1) is 14.7. The second-order valence-corrected chi connectivity index (χ2v) is 4.91. The van der Waals surface area contributed by atoms with Crippen molar-refractivity contribution in [3.63, 3.8) is 0 Å². The van der Waals surface area contributed by atoms with Gasteiger partial charge in [0.25, 0.3) is 0 Å². The third-order valence-electron chi connectivity index (χ3n) is 3.57. The molecule has 1 aromatic rings. The third kappa shape index (κ3) is 3.10. The number of hydrogen-bond donors (Lipinski definition) is 2. The predicted octanol–water partition coefficient (Wildman–Crippen LogP) is 2.86. The molecule has 0 radical (unpaired) electrons. The molecule has 0 saturated heterocycles. The summed E-state index contributed by atoms with van der Waals surface area (Å²) in [5.74, 6) is -0.815. The lowest BCUT2D eigenvalue weighted by molar-refractivity contribution is -0.143. The second kappa shape index (κ2) is 6.55. The molecule has 0 aliphatic carbocycles. The largest absolute Gasteiger partial charge is 0.481 e. The van der Waals surface area contributed by atoms with Crippen molar-refractivity contribution in [1.29, 1.82) is 0 Å². The van der Waals surface area contributed by atoms with E-state index in [2.05, 4.69) is 6.92 Å². The molecule has 0 bridgehead atoms. The summed E-state index contributed by atoms with van der Waals surface area (Å²) in [5.41, 5.74) is 6.80. The number of nitrogens with two attached hydrogens (primary N) is 1. The topological polar surface area (TPSA) is 63.3 Å². The fraction of sp³-hybridized carbons (Fsp3) is 0.533. The van der Waals surface area contributed by atoms with Crippen molar-refractivity contribution in [3.05, 3.63) is 35.4 Å². The highest BCUT2D eigenvalue weighted by Crippen LogP contribution is 2.30. The van der Waals surface area contributed by atoms with Crippen molar-refractivity contribution in [2.24, 2.45) is 5.73 Å². The Kier molecular flexibility index (Phi) is 5.35. The van der Waals surface area contributed by atoms with E-state index >= 15 is 0 Å². The van der Waals surface area contributed by atoms with Gasteiger partial charge in [-0.25, -0.2) is 0 Å². The summed E-state index contributed by atoms with van der Waals surface area (Å²) in [6.45, 7) is 4.25. The highest BCUT2D eigenvalue weighted by Gasteiger charge is 2.38. The Morgan fingerprint density at radius 3 is 2.33 bits per heavy atom. The Hall–Kier alpha value is -1.35. The highest BCUT2D eigenvalue weighted by atomic mass is 16.4. The number of unbranched alkanes of at least 4 members (excludes halogenated alkanes) is 2. The van der Waals surface area contributed by atoms with Crippen molar-refractivity contribution in [2.45, 2.75) is 44.9 Å². The molecule has 0 amide bonds. The van der Waals surface area contributed by atoms with Crippen LogP contribution in [0.1, 0.15) is 43.7 Å². The third-order valence-corrected chi connectivity index (χ3v) is 3.57. The number of benzene rings is 1. The Morgan fingerprint density at radius 1 is 1.28 bits per heavy atom. The number of carboxylic acids is 1. The molecule has 3 N–H and O–H groups in total. The first-order chi connectivity index (χ1) is 8.56. The van der Waals surface area contributed by atoms with Crippen LogP contribution in [0.25, 0.3) is 0 Å². The lowest BCUT2D eigenvalue weighted by Crippen LogP contribution is -2.43. The minimum Gasteiger partial charge on any atom is -0.481 e. The van der Waals surface area contributed by atoms with Crippen LogP contribution < -0.4 is 5.73 Å².